The van der Waals surface area contributed by atoms with Gasteiger partial charge in [-0.2, -0.15) is 0 Å². The smallest absolute Gasteiger partial charge is 0.173 e. The van der Waals surface area contributed by atoms with Crippen LogP contribution in [0.3, 0.4) is 0 Å². The highest BCUT2D eigenvalue weighted by Gasteiger charge is 2.44. The molecule has 3 unspecified atom stereocenters. The summed E-state index contributed by atoms with van der Waals surface area (Å²) in [6.45, 7) is 24.3. The minimum atomic E-state index is -1.68. The zero-order valence-electron chi connectivity index (χ0n) is 23.2. The van der Waals surface area contributed by atoms with Gasteiger partial charge in [-0.3, -0.25) is 0 Å². The molecule has 190 valence electrons. The van der Waals surface area contributed by atoms with E-state index in [0.717, 1.165) is 16.4 Å². The monoisotopic (exact) mass is 550 g/mol. The molecule has 0 radical (unpaired) electrons. The molecular weight excluding hydrogens is 497 g/mol. The van der Waals surface area contributed by atoms with Crippen molar-refractivity contribution in [2.24, 2.45) is 5.92 Å². The van der Waals surface area contributed by atoms with Gasteiger partial charge in [0, 0.05) is 0 Å². The van der Waals surface area contributed by atoms with Crippen molar-refractivity contribution in [1.29, 1.82) is 0 Å². The lowest BCUT2D eigenvalue weighted by Crippen LogP contribution is -2.48. The Morgan fingerprint density at radius 2 is 1.06 bits per heavy atom. The first-order valence-electron chi connectivity index (χ1n) is 13.0. The van der Waals surface area contributed by atoms with Gasteiger partial charge in [0.1, 0.15) is 10.5 Å². The van der Waals surface area contributed by atoms with Gasteiger partial charge in [0.25, 0.3) is 0 Å². The maximum Gasteiger partial charge on any atom is 0.173 e. The number of hydrogen-bond acceptors (Lipinski definition) is 4. The van der Waals surface area contributed by atoms with Gasteiger partial charge in [-0.15, -0.1) is 0 Å². The van der Waals surface area contributed by atoms with Gasteiger partial charge in [0.15, 0.2) is 41.6 Å². The second-order valence-electron chi connectivity index (χ2n) is 13.6. The minimum absolute atomic E-state index is 0.607. The van der Waals surface area contributed by atoms with Crippen LogP contribution in [0.1, 0.15) is 25.7 Å². The molecule has 1 aliphatic heterocycles. The predicted octanol–water partition coefficient (Wildman–Crippen LogP) is 6.30. The highest BCUT2D eigenvalue weighted by atomic mass is 28.4. The van der Waals surface area contributed by atoms with Crippen LogP contribution in [0.4, 0.5) is 0 Å². The van der Waals surface area contributed by atoms with E-state index < -0.39 is 41.6 Å². The average Bonchev–Trinajstić information content (AvgIpc) is 3.41. The Kier molecular flexibility index (Phi) is 10.1. The van der Waals surface area contributed by atoms with Crippen LogP contribution in [0.25, 0.3) is 0 Å². The van der Waals surface area contributed by atoms with Crippen molar-refractivity contribution in [2.75, 3.05) is 0 Å². The first-order valence-corrected chi connectivity index (χ1v) is 29.4. The van der Waals surface area contributed by atoms with Crippen LogP contribution < -0.4 is 0 Å². The van der Waals surface area contributed by atoms with E-state index in [1.807, 2.05) is 0 Å². The first kappa shape index (κ1) is 29.4. The van der Waals surface area contributed by atoms with Crippen molar-refractivity contribution >= 4 is 52.1 Å². The average molecular weight is 551 g/mol. The maximum absolute atomic E-state index is 7.00. The number of fused-ring (bicyclic) bond motifs is 1. The highest BCUT2D eigenvalue weighted by molar-refractivity contribution is 6.88. The summed E-state index contributed by atoms with van der Waals surface area (Å²) in [5.74, 6) is 0.874. The maximum atomic E-state index is 7.00. The Labute approximate surface area is 208 Å². The minimum Gasteiger partial charge on any atom is -0.463 e. The molecule has 10 heteroatoms. The van der Waals surface area contributed by atoms with Crippen molar-refractivity contribution in [1.82, 2.24) is 0 Å². The Bertz CT molecular complexity index is 611. The summed E-state index contributed by atoms with van der Waals surface area (Å²) < 4.78 is 25.6. The van der Waals surface area contributed by atoms with Gasteiger partial charge in [0.05, 0.1) is 12.2 Å². The fourth-order valence-corrected chi connectivity index (χ4v) is 30.5. The molecule has 1 saturated heterocycles. The lowest BCUT2D eigenvalue weighted by Gasteiger charge is -2.39. The number of epoxide rings is 1. The molecule has 0 aromatic rings. The van der Waals surface area contributed by atoms with Crippen LogP contribution in [-0.4, -0.2) is 64.3 Å². The molecule has 2 fully saturated rings. The van der Waals surface area contributed by atoms with Gasteiger partial charge in [-0.1, -0.05) is 6.42 Å². The fourth-order valence-electron chi connectivity index (χ4n) is 5.31. The van der Waals surface area contributed by atoms with Crippen LogP contribution >= 0.6 is 0 Å². The van der Waals surface area contributed by atoms with Gasteiger partial charge in [-0.05, 0) is 121 Å². The van der Waals surface area contributed by atoms with E-state index in [0.29, 0.717) is 12.2 Å². The normalized spacial score (nSPS) is 25.1. The SMILES string of the molecule is C[Si](C)(CC[Si](C)(C)O[Si](C)(C)CC[Si](C)(C)O[Si](C)(C)CCC1CCC2OC2C1)O[SiH3]. The van der Waals surface area contributed by atoms with Crippen LogP contribution in [0, 0.1) is 5.92 Å². The van der Waals surface area contributed by atoms with E-state index in [1.54, 1.807) is 0 Å². The van der Waals surface area contributed by atoms with E-state index in [-0.39, 0.29) is 0 Å². The molecule has 0 amide bonds. The molecule has 3 atom stereocenters. The van der Waals surface area contributed by atoms with Gasteiger partial charge < -0.3 is 17.1 Å². The third-order valence-electron chi connectivity index (χ3n) is 7.58. The molecule has 32 heavy (non-hydrogen) atoms. The second-order valence-corrected chi connectivity index (χ2v) is 37.0. The topological polar surface area (TPSA) is 40.2 Å². The quantitative estimate of drug-likeness (QED) is 0.188. The summed E-state index contributed by atoms with van der Waals surface area (Å²) in [6.07, 6.45) is 6.55. The fraction of sp³-hybridized carbons (Fsp3) is 1.00. The Morgan fingerprint density at radius 1 is 0.625 bits per heavy atom. The molecule has 1 saturated carbocycles. The largest absolute Gasteiger partial charge is 0.463 e. The van der Waals surface area contributed by atoms with E-state index in [4.69, 9.17) is 17.1 Å². The molecule has 0 bridgehead atoms. The molecule has 0 spiro atoms. The van der Waals surface area contributed by atoms with Gasteiger partial charge >= 0.3 is 0 Å². The van der Waals surface area contributed by atoms with Crippen LogP contribution in [0.15, 0.2) is 0 Å². The Balaban J connectivity index is 1.77. The van der Waals surface area contributed by atoms with Crippen molar-refractivity contribution in [2.45, 2.75) is 134 Å². The van der Waals surface area contributed by atoms with Gasteiger partial charge in [0.2, 0.25) is 0 Å². The molecule has 1 aliphatic carbocycles. The van der Waals surface area contributed by atoms with Gasteiger partial charge in [-0.25, -0.2) is 0 Å². The van der Waals surface area contributed by atoms with E-state index in [2.05, 4.69) is 65.5 Å². The molecule has 0 aromatic carbocycles. The molecule has 2 aliphatic rings. The summed E-state index contributed by atoms with van der Waals surface area (Å²) in [7, 11) is -7.17. The van der Waals surface area contributed by atoms with E-state index >= 15 is 0 Å². The van der Waals surface area contributed by atoms with E-state index in [9.17, 15) is 0 Å². The molecule has 4 nitrogen and oxygen atoms in total. The number of rotatable bonds is 14. The third kappa shape index (κ3) is 10.8. The van der Waals surface area contributed by atoms with E-state index in [1.165, 1.54) is 55.9 Å². The second kappa shape index (κ2) is 11.0. The van der Waals surface area contributed by atoms with Crippen LogP contribution in [0.2, 0.25) is 95.7 Å². The molecule has 0 N–H and O–H groups in total. The van der Waals surface area contributed by atoms with Crippen molar-refractivity contribution in [3.63, 3.8) is 0 Å². The molecule has 0 aromatic heterocycles. The lowest BCUT2D eigenvalue weighted by molar-refractivity contribution is 0.355. The number of hydrogen-bond donors (Lipinski definition) is 0. The van der Waals surface area contributed by atoms with Crippen LogP contribution in [0.5, 0.6) is 0 Å². The summed E-state index contributed by atoms with van der Waals surface area (Å²) in [6, 6.07) is 6.30. The van der Waals surface area contributed by atoms with Crippen molar-refractivity contribution in [3.8, 4) is 0 Å². The highest BCUT2D eigenvalue weighted by Crippen LogP contribution is 2.42. The first-order chi connectivity index (χ1) is 14.4. The Morgan fingerprint density at radius 3 is 1.50 bits per heavy atom. The van der Waals surface area contributed by atoms with Crippen molar-refractivity contribution in [3.05, 3.63) is 0 Å². The Hall–Kier alpha value is 1.14. The standard InChI is InChI=1S/C22H54O4Si6/c1-28(2,24-27)15-16-30(5,6)26-32(9,10)18-17-31(7,8)25-29(3,4)14-13-20-11-12-21-22(19-20)23-21/h20-22H,11-19H2,1-10,27H3. The predicted molar refractivity (Wildman–Crippen MR) is 155 cm³/mol. The molecule has 1 heterocycles. The molecule has 2 rings (SSSR count). The van der Waals surface area contributed by atoms with Crippen LogP contribution in [-0.2, 0) is 17.1 Å². The summed E-state index contributed by atoms with van der Waals surface area (Å²) >= 11 is 0. The van der Waals surface area contributed by atoms with Crippen molar-refractivity contribution < 1.29 is 17.1 Å². The number of ether oxygens (including phenoxy) is 1. The summed E-state index contributed by atoms with van der Waals surface area (Å²) in [5.41, 5.74) is 0. The summed E-state index contributed by atoms with van der Waals surface area (Å²) in [5, 5.41) is 0. The lowest BCUT2D eigenvalue weighted by atomic mass is 9.88. The zero-order chi connectivity index (χ0) is 24.4. The third-order valence-corrected chi connectivity index (χ3v) is 29.2. The zero-order valence-corrected chi connectivity index (χ0v) is 30.2. The summed E-state index contributed by atoms with van der Waals surface area (Å²) in [4.78, 5) is 0. The molecular formula is C22H54O4Si6.